The van der Waals surface area contributed by atoms with Crippen molar-refractivity contribution in [1.82, 2.24) is 4.90 Å². The van der Waals surface area contributed by atoms with Crippen molar-refractivity contribution in [3.63, 3.8) is 0 Å². The third-order valence-corrected chi connectivity index (χ3v) is 4.84. The first kappa shape index (κ1) is 12.6. The van der Waals surface area contributed by atoms with Crippen molar-refractivity contribution < 1.29 is 15.0 Å². The molecule has 1 unspecified atom stereocenters. The molecule has 4 nitrogen and oxygen atoms in total. The zero-order valence-electron chi connectivity index (χ0n) is 10.9. The van der Waals surface area contributed by atoms with E-state index in [9.17, 15) is 15.0 Å². The van der Waals surface area contributed by atoms with E-state index in [1.807, 2.05) is 37.4 Å². The van der Waals surface area contributed by atoms with Crippen molar-refractivity contribution in [3.8, 4) is 0 Å². The molecule has 0 radical (unpaired) electrons. The smallest absolute Gasteiger partial charge is 0.310 e. The average molecular weight is 261 g/mol. The van der Waals surface area contributed by atoms with E-state index in [1.165, 1.54) is 0 Å². The van der Waals surface area contributed by atoms with Crippen LogP contribution < -0.4 is 0 Å². The fourth-order valence-corrected chi connectivity index (χ4v) is 3.94. The van der Waals surface area contributed by atoms with E-state index in [0.29, 0.717) is 0 Å². The Hall–Kier alpha value is -1.39. The minimum atomic E-state index is -0.884. The molecule has 0 amide bonds. The fourth-order valence-electron chi connectivity index (χ4n) is 3.94. The number of aliphatic hydroxyl groups is 1. The number of carbonyl (C=O) groups is 1. The monoisotopic (exact) mass is 261 g/mol. The van der Waals surface area contributed by atoms with E-state index in [0.717, 1.165) is 18.4 Å². The lowest BCUT2D eigenvalue weighted by Crippen LogP contribution is -2.56. The van der Waals surface area contributed by atoms with Gasteiger partial charge in [-0.05, 0) is 25.5 Å². The van der Waals surface area contributed by atoms with Crippen LogP contribution in [0.5, 0.6) is 0 Å². The van der Waals surface area contributed by atoms with Crippen LogP contribution >= 0.6 is 0 Å². The van der Waals surface area contributed by atoms with Crippen molar-refractivity contribution in [2.75, 3.05) is 7.05 Å². The van der Waals surface area contributed by atoms with Crippen molar-refractivity contribution in [3.05, 3.63) is 35.9 Å². The van der Waals surface area contributed by atoms with Crippen LogP contribution in [-0.2, 0) is 4.79 Å². The Bertz CT molecular complexity index is 476. The molecule has 19 heavy (non-hydrogen) atoms. The van der Waals surface area contributed by atoms with Gasteiger partial charge in [0.25, 0.3) is 0 Å². The number of hydrogen-bond donors (Lipinski definition) is 2. The van der Waals surface area contributed by atoms with Gasteiger partial charge in [-0.15, -0.1) is 0 Å². The molecule has 3 rings (SSSR count). The molecule has 2 bridgehead atoms. The van der Waals surface area contributed by atoms with Crippen LogP contribution in [0.4, 0.5) is 0 Å². The second-order valence-electron chi connectivity index (χ2n) is 5.67. The Labute approximate surface area is 112 Å². The molecule has 0 spiro atoms. The highest BCUT2D eigenvalue weighted by molar-refractivity contribution is 5.72. The van der Waals surface area contributed by atoms with Gasteiger partial charge < -0.3 is 10.2 Å². The normalized spacial score (nSPS) is 38.3. The number of rotatable bonds is 2. The summed E-state index contributed by atoms with van der Waals surface area (Å²) in [5, 5.41) is 20.0. The Balaban J connectivity index is 2.01. The molecule has 0 aliphatic carbocycles. The lowest BCUT2D eigenvalue weighted by Gasteiger charge is -2.44. The van der Waals surface area contributed by atoms with Gasteiger partial charge in [-0.3, -0.25) is 9.69 Å². The highest BCUT2D eigenvalue weighted by Gasteiger charge is 2.53. The van der Waals surface area contributed by atoms with Crippen LogP contribution in [0.25, 0.3) is 0 Å². The minimum absolute atomic E-state index is 0.0301. The Kier molecular flexibility index (Phi) is 3.07. The van der Waals surface area contributed by atoms with Crippen molar-refractivity contribution in [2.24, 2.45) is 5.92 Å². The van der Waals surface area contributed by atoms with E-state index in [-0.39, 0.29) is 18.0 Å². The number of benzene rings is 1. The van der Waals surface area contributed by atoms with E-state index in [1.54, 1.807) is 0 Å². The summed E-state index contributed by atoms with van der Waals surface area (Å²) in [5.41, 5.74) is 1.04. The van der Waals surface area contributed by atoms with E-state index in [4.69, 9.17) is 0 Å². The SMILES string of the molecule is CN1[C@@H]2CC[C@H]1C(c1ccccc1)[C@H](O)[C@@H]2C(=O)O. The van der Waals surface area contributed by atoms with Crippen LogP contribution in [-0.4, -0.2) is 46.3 Å². The number of hydrogen-bond acceptors (Lipinski definition) is 3. The third-order valence-electron chi connectivity index (χ3n) is 4.84. The summed E-state index contributed by atoms with van der Waals surface area (Å²) in [6.45, 7) is 0. The standard InChI is InChI=1S/C15H19NO3/c1-16-10-7-8-11(16)13(15(18)19)14(17)12(10)9-5-3-2-4-6-9/h2-6,10-14,17H,7-8H2,1H3,(H,18,19)/t10-,11+,12?,13+,14-/m0/s1. The third kappa shape index (κ3) is 1.86. The van der Waals surface area contributed by atoms with Gasteiger partial charge in [0.1, 0.15) is 0 Å². The predicted octanol–water partition coefficient (Wildman–Crippen LogP) is 1.31. The number of carboxylic acid groups (broad SMARTS) is 1. The Morgan fingerprint density at radius 1 is 1.21 bits per heavy atom. The maximum Gasteiger partial charge on any atom is 0.310 e. The number of fused-ring (bicyclic) bond motifs is 2. The molecule has 0 saturated carbocycles. The lowest BCUT2D eigenvalue weighted by molar-refractivity contribution is -0.153. The molecule has 5 atom stereocenters. The number of carboxylic acids is 1. The number of nitrogens with zero attached hydrogens (tertiary/aromatic N) is 1. The first-order valence-corrected chi connectivity index (χ1v) is 6.79. The quantitative estimate of drug-likeness (QED) is 0.842. The van der Waals surface area contributed by atoms with Crippen LogP contribution in [0.1, 0.15) is 24.3 Å². The number of likely N-dealkylation sites (N-methyl/N-ethyl adjacent to an activating group) is 1. The molecule has 0 aromatic heterocycles. The summed E-state index contributed by atoms with van der Waals surface area (Å²) in [6, 6.07) is 10.0. The maximum absolute atomic E-state index is 11.5. The second-order valence-corrected chi connectivity index (χ2v) is 5.67. The summed E-state index contributed by atoms with van der Waals surface area (Å²) in [7, 11) is 1.99. The Morgan fingerprint density at radius 3 is 2.47 bits per heavy atom. The van der Waals surface area contributed by atoms with Crippen molar-refractivity contribution in [2.45, 2.75) is 36.9 Å². The average Bonchev–Trinajstić information content (AvgIpc) is 2.67. The highest BCUT2D eigenvalue weighted by atomic mass is 16.4. The molecule has 2 aliphatic rings. The molecule has 1 aromatic carbocycles. The predicted molar refractivity (Wildman–Crippen MR) is 70.9 cm³/mol. The van der Waals surface area contributed by atoms with Crippen LogP contribution in [0.15, 0.2) is 30.3 Å². The van der Waals surface area contributed by atoms with Gasteiger partial charge in [0.15, 0.2) is 0 Å². The van der Waals surface area contributed by atoms with Gasteiger partial charge in [0, 0.05) is 18.0 Å². The summed E-state index contributed by atoms with van der Waals surface area (Å²) >= 11 is 0. The molecule has 2 heterocycles. The van der Waals surface area contributed by atoms with Gasteiger partial charge in [-0.1, -0.05) is 30.3 Å². The zero-order valence-corrected chi connectivity index (χ0v) is 10.9. The van der Waals surface area contributed by atoms with Gasteiger partial charge in [0.2, 0.25) is 0 Å². The van der Waals surface area contributed by atoms with Crippen molar-refractivity contribution in [1.29, 1.82) is 0 Å². The molecule has 2 aliphatic heterocycles. The number of aliphatic carboxylic acids is 1. The molecule has 4 heteroatoms. The van der Waals surface area contributed by atoms with Gasteiger partial charge >= 0.3 is 5.97 Å². The van der Waals surface area contributed by atoms with E-state index < -0.39 is 18.0 Å². The molecule has 1 aromatic rings. The summed E-state index contributed by atoms with van der Waals surface area (Å²) in [5.74, 6) is -1.68. The maximum atomic E-state index is 11.5. The summed E-state index contributed by atoms with van der Waals surface area (Å²) in [4.78, 5) is 13.6. The zero-order chi connectivity index (χ0) is 13.6. The van der Waals surface area contributed by atoms with Crippen LogP contribution in [0.3, 0.4) is 0 Å². The van der Waals surface area contributed by atoms with Gasteiger partial charge in [0.05, 0.1) is 12.0 Å². The molecule has 2 fully saturated rings. The highest BCUT2D eigenvalue weighted by Crippen LogP contribution is 2.46. The Morgan fingerprint density at radius 2 is 1.84 bits per heavy atom. The van der Waals surface area contributed by atoms with E-state index >= 15 is 0 Å². The first-order chi connectivity index (χ1) is 9.11. The first-order valence-electron chi connectivity index (χ1n) is 6.79. The van der Waals surface area contributed by atoms with Gasteiger partial charge in [-0.2, -0.15) is 0 Å². The minimum Gasteiger partial charge on any atom is -0.481 e. The largest absolute Gasteiger partial charge is 0.481 e. The number of aliphatic hydroxyl groups excluding tert-OH is 1. The summed E-state index contributed by atoms with van der Waals surface area (Å²) in [6.07, 6.45) is 1.02. The summed E-state index contributed by atoms with van der Waals surface area (Å²) < 4.78 is 0. The second kappa shape index (κ2) is 4.62. The molecule has 2 saturated heterocycles. The van der Waals surface area contributed by atoms with Gasteiger partial charge in [-0.25, -0.2) is 0 Å². The molecule has 102 valence electrons. The topological polar surface area (TPSA) is 60.8 Å². The number of piperidine rings is 1. The van der Waals surface area contributed by atoms with Crippen LogP contribution in [0.2, 0.25) is 0 Å². The van der Waals surface area contributed by atoms with E-state index in [2.05, 4.69) is 4.90 Å². The molecule has 2 N–H and O–H groups in total. The molecular formula is C15H19NO3. The fraction of sp³-hybridized carbons (Fsp3) is 0.533. The van der Waals surface area contributed by atoms with Crippen molar-refractivity contribution >= 4 is 5.97 Å². The lowest BCUT2D eigenvalue weighted by atomic mass is 9.76. The molecular weight excluding hydrogens is 242 g/mol. The van der Waals surface area contributed by atoms with Crippen LogP contribution in [0, 0.1) is 5.92 Å².